The van der Waals surface area contributed by atoms with Crippen molar-refractivity contribution in [2.24, 2.45) is 0 Å². The van der Waals surface area contributed by atoms with Crippen molar-refractivity contribution in [3.63, 3.8) is 0 Å². The van der Waals surface area contributed by atoms with Crippen LogP contribution in [0.4, 0.5) is 4.79 Å². The number of rotatable bonds is 5. The summed E-state index contributed by atoms with van der Waals surface area (Å²) in [4.78, 5) is 14.0. The molecule has 0 spiro atoms. The van der Waals surface area contributed by atoms with E-state index in [-0.39, 0.29) is 11.8 Å². The second kappa shape index (κ2) is 7.72. The van der Waals surface area contributed by atoms with Crippen LogP contribution in [0.2, 0.25) is 0 Å². The largest absolute Gasteiger partial charge is 0.338 e. The molecular weight excluding hydrogens is 358 g/mol. The lowest BCUT2D eigenvalue weighted by Gasteiger charge is -2.33. The average Bonchev–Trinajstić information content (AvgIpc) is 3.05. The van der Waals surface area contributed by atoms with Crippen molar-refractivity contribution in [2.75, 3.05) is 38.5 Å². The molecule has 0 unspecified atom stereocenters. The lowest BCUT2D eigenvalue weighted by Crippen LogP contribution is -2.53. The van der Waals surface area contributed by atoms with E-state index in [2.05, 4.69) is 22.8 Å². The van der Waals surface area contributed by atoms with E-state index in [4.69, 9.17) is 0 Å². The van der Waals surface area contributed by atoms with Crippen LogP contribution in [0.25, 0.3) is 10.1 Å². The summed E-state index contributed by atoms with van der Waals surface area (Å²) in [5.41, 5.74) is 1.25. The molecular formula is C17H23N3O3S2. The van der Waals surface area contributed by atoms with Gasteiger partial charge in [0, 0.05) is 37.4 Å². The maximum absolute atomic E-state index is 12.3. The number of fused-ring (bicyclic) bond motifs is 1. The topological polar surface area (TPSA) is 69.7 Å². The number of nitrogens with zero attached hydrogens (tertiary/aromatic N) is 2. The van der Waals surface area contributed by atoms with E-state index < -0.39 is 10.0 Å². The SMILES string of the molecule is CCS(=O)(=O)N1CCN(C(=O)NCCc2csc3ccccc23)CC1. The number of nitrogens with one attached hydrogen (secondary N) is 1. The fourth-order valence-corrected chi connectivity index (χ4v) is 5.08. The Kier molecular flexibility index (Phi) is 5.61. The molecule has 0 aliphatic carbocycles. The van der Waals surface area contributed by atoms with Crippen LogP contribution in [0.1, 0.15) is 12.5 Å². The number of amides is 2. The Labute approximate surface area is 152 Å². The molecule has 0 bridgehead atoms. The van der Waals surface area contributed by atoms with E-state index in [9.17, 15) is 13.2 Å². The molecule has 0 saturated carbocycles. The molecule has 6 nitrogen and oxygen atoms in total. The summed E-state index contributed by atoms with van der Waals surface area (Å²) in [5.74, 6) is 0.105. The molecule has 1 N–H and O–H groups in total. The number of benzene rings is 1. The highest BCUT2D eigenvalue weighted by molar-refractivity contribution is 7.89. The Morgan fingerprint density at radius 3 is 2.64 bits per heavy atom. The zero-order valence-electron chi connectivity index (χ0n) is 14.3. The van der Waals surface area contributed by atoms with E-state index in [1.807, 2.05) is 12.1 Å². The molecule has 2 amide bonds. The lowest BCUT2D eigenvalue weighted by atomic mass is 10.1. The Morgan fingerprint density at radius 1 is 1.20 bits per heavy atom. The van der Waals surface area contributed by atoms with Gasteiger partial charge in [-0.2, -0.15) is 4.31 Å². The van der Waals surface area contributed by atoms with Gasteiger partial charge >= 0.3 is 6.03 Å². The molecule has 8 heteroatoms. The molecule has 136 valence electrons. The molecule has 1 aromatic heterocycles. The van der Waals surface area contributed by atoms with Crippen molar-refractivity contribution in [1.82, 2.24) is 14.5 Å². The quantitative estimate of drug-likeness (QED) is 0.862. The second-order valence-corrected chi connectivity index (χ2v) is 9.19. The van der Waals surface area contributed by atoms with Crippen LogP contribution < -0.4 is 5.32 Å². The van der Waals surface area contributed by atoms with Gasteiger partial charge in [-0.15, -0.1) is 11.3 Å². The molecule has 1 fully saturated rings. The number of carbonyl (C=O) groups excluding carboxylic acids is 1. The Morgan fingerprint density at radius 2 is 1.92 bits per heavy atom. The summed E-state index contributed by atoms with van der Waals surface area (Å²) < 4.78 is 26.4. The molecule has 0 atom stereocenters. The summed E-state index contributed by atoms with van der Waals surface area (Å²) >= 11 is 1.72. The van der Waals surface area contributed by atoms with Crippen molar-refractivity contribution in [3.05, 3.63) is 35.2 Å². The van der Waals surface area contributed by atoms with E-state index in [0.29, 0.717) is 32.7 Å². The van der Waals surface area contributed by atoms with Crippen LogP contribution in [-0.2, 0) is 16.4 Å². The maximum atomic E-state index is 12.3. The highest BCUT2D eigenvalue weighted by Gasteiger charge is 2.27. The van der Waals surface area contributed by atoms with Gasteiger partial charge < -0.3 is 10.2 Å². The monoisotopic (exact) mass is 381 g/mol. The van der Waals surface area contributed by atoms with Gasteiger partial charge in [-0.25, -0.2) is 13.2 Å². The number of piperazine rings is 1. The van der Waals surface area contributed by atoms with Gasteiger partial charge in [0.1, 0.15) is 0 Å². The second-order valence-electron chi connectivity index (χ2n) is 6.03. The van der Waals surface area contributed by atoms with Crippen LogP contribution in [0.15, 0.2) is 29.6 Å². The highest BCUT2D eigenvalue weighted by Crippen LogP contribution is 2.25. The van der Waals surface area contributed by atoms with E-state index in [1.54, 1.807) is 23.2 Å². The van der Waals surface area contributed by atoms with Gasteiger partial charge in [-0.1, -0.05) is 18.2 Å². The zero-order chi connectivity index (χ0) is 17.9. The minimum Gasteiger partial charge on any atom is -0.338 e. The van der Waals surface area contributed by atoms with Crippen molar-refractivity contribution in [3.8, 4) is 0 Å². The van der Waals surface area contributed by atoms with Crippen molar-refractivity contribution in [2.45, 2.75) is 13.3 Å². The van der Waals surface area contributed by atoms with Gasteiger partial charge in [0.25, 0.3) is 0 Å². The van der Waals surface area contributed by atoms with Crippen LogP contribution >= 0.6 is 11.3 Å². The normalized spacial score (nSPS) is 16.3. The zero-order valence-corrected chi connectivity index (χ0v) is 15.9. The smallest absolute Gasteiger partial charge is 0.317 e. The molecule has 1 aliphatic rings. The van der Waals surface area contributed by atoms with Crippen LogP contribution in [0.3, 0.4) is 0 Å². The van der Waals surface area contributed by atoms with Crippen LogP contribution in [0, 0.1) is 0 Å². The fourth-order valence-electron chi connectivity index (χ4n) is 2.99. The summed E-state index contributed by atoms with van der Waals surface area (Å²) in [6, 6.07) is 8.15. The first-order valence-electron chi connectivity index (χ1n) is 8.47. The van der Waals surface area contributed by atoms with Gasteiger partial charge in [0.05, 0.1) is 5.75 Å². The molecule has 0 radical (unpaired) electrons. The van der Waals surface area contributed by atoms with Gasteiger partial charge in [-0.3, -0.25) is 0 Å². The first-order chi connectivity index (χ1) is 12.0. The van der Waals surface area contributed by atoms with Gasteiger partial charge in [0.2, 0.25) is 10.0 Å². The number of urea groups is 1. The number of hydrogen-bond acceptors (Lipinski definition) is 4. The van der Waals surface area contributed by atoms with Crippen molar-refractivity contribution >= 4 is 37.5 Å². The fraction of sp³-hybridized carbons (Fsp3) is 0.471. The summed E-state index contributed by atoms with van der Waals surface area (Å²) in [6.07, 6.45) is 0.792. The molecule has 3 rings (SSSR count). The molecule has 25 heavy (non-hydrogen) atoms. The molecule has 1 saturated heterocycles. The molecule has 1 aliphatic heterocycles. The standard InChI is InChI=1S/C17H23N3O3S2/c1-2-25(22,23)20-11-9-19(10-12-20)17(21)18-8-7-14-13-24-16-6-4-3-5-15(14)16/h3-6,13H,2,7-12H2,1H3,(H,18,21). The summed E-state index contributed by atoms with van der Waals surface area (Å²) in [7, 11) is -3.16. The lowest BCUT2D eigenvalue weighted by molar-refractivity contribution is 0.172. The van der Waals surface area contributed by atoms with E-state index in [1.165, 1.54) is 20.0 Å². The number of carbonyl (C=O) groups is 1. The summed E-state index contributed by atoms with van der Waals surface area (Å²) in [6.45, 7) is 3.84. The predicted octanol–water partition coefficient (Wildman–Crippen LogP) is 2.12. The van der Waals surface area contributed by atoms with Crippen LogP contribution in [0.5, 0.6) is 0 Å². The van der Waals surface area contributed by atoms with Gasteiger partial charge in [-0.05, 0) is 35.7 Å². The number of hydrogen-bond donors (Lipinski definition) is 1. The van der Waals surface area contributed by atoms with E-state index >= 15 is 0 Å². The first-order valence-corrected chi connectivity index (χ1v) is 11.0. The Bertz CT molecular complexity index is 840. The van der Waals surface area contributed by atoms with Crippen molar-refractivity contribution < 1.29 is 13.2 Å². The third kappa shape index (κ3) is 4.13. The average molecular weight is 382 g/mol. The van der Waals surface area contributed by atoms with Gasteiger partial charge in [0.15, 0.2) is 0 Å². The van der Waals surface area contributed by atoms with Crippen molar-refractivity contribution in [1.29, 1.82) is 0 Å². The number of sulfonamides is 1. The minimum absolute atomic E-state index is 0.105. The molecule has 1 aromatic carbocycles. The Balaban J connectivity index is 1.47. The third-order valence-electron chi connectivity index (χ3n) is 4.52. The third-order valence-corrected chi connectivity index (χ3v) is 7.41. The summed E-state index contributed by atoms with van der Waals surface area (Å²) in [5, 5.41) is 6.34. The molecule has 2 aromatic rings. The van der Waals surface area contributed by atoms with E-state index in [0.717, 1.165) is 6.42 Å². The Hall–Kier alpha value is -1.64. The van der Waals surface area contributed by atoms with Crippen LogP contribution in [-0.4, -0.2) is 62.1 Å². The predicted molar refractivity (Wildman–Crippen MR) is 102 cm³/mol. The first kappa shape index (κ1) is 18.2. The highest BCUT2D eigenvalue weighted by atomic mass is 32.2. The number of thiophene rings is 1. The minimum atomic E-state index is -3.16. The molecule has 2 heterocycles. The maximum Gasteiger partial charge on any atom is 0.317 e.